The maximum Gasteiger partial charge on any atom is 0.251 e. The number of rotatable bonds is 4. The van der Waals surface area contributed by atoms with Crippen molar-refractivity contribution in [1.82, 2.24) is 10.0 Å². The molecule has 0 spiro atoms. The molecule has 1 atom stereocenters. The first-order chi connectivity index (χ1) is 13.0. The lowest BCUT2D eigenvalue weighted by molar-refractivity contribution is 0.0419. The van der Waals surface area contributed by atoms with E-state index in [-0.39, 0.29) is 11.7 Å². The molecule has 1 aliphatic heterocycles. The van der Waals surface area contributed by atoms with E-state index in [0.29, 0.717) is 6.54 Å². The SMILES string of the molecule is Cc1cc(=O)n(C[C@H]2C=C(c3ccc(N(C)C)cc3)NO2)c2ccccc12. The Morgan fingerprint density at radius 3 is 2.59 bits per heavy atom. The molecule has 2 heterocycles. The molecule has 0 unspecified atom stereocenters. The number of fused-ring (bicyclic) bond motifs is 1. The largest absolute Gasteiger partial charge is 0.378 e. The van der Waals surface area contributed by atoms with Gasteiger partial charge in [-0.1, -0.05) is 30.3 Å². The van der Waals surface area contributed by atoms with Crippen LogP contribution in [0.15, 0.2) is 65.5 Å². The van der Waals surface area contributed by atoms with Crippen molar-refractivity contribution in [2.45, 2.75) is 19.6 Å². The molecule has 1 aromatic heterocycles. The second kappa shape index (κ2) is 6.93. The standard InChI is InChI=1S/C22H23N3O2/c1-15-12-22(26)25(21-7-5-4-6-19(15)21)14-18-13-20(23-27-18)16-8-10-17(11-9-16)24(2)3/h4-13,18,23H,14H2,1-3H3/t18-/m1/s1. The molecule has 3 aromatic rings. The van der Waals surface area contributed by atoms with E-state index in [1.54, 1.807) is 10.6 Å². The van der Waals surface area contributed by atoms with Crippen LogP contribution in [0.2, 0.25) is 0 Å². The number of benzene rings is 2. The first kappa shape index (κ1) is 17.4. The predicted octanol–water partition coefficient (Wildman–Crippen LogP) is 3.32. The highest BCUT2D eigenvalue weighted by molar-refractivity contribution is 5.82. The van der Waals surface area contributed by atoms with Crippen LogP contribution in [0, 0.1) is 6.92 Å². The van der Waals surface area contributed by atoms with Crippen LogP contribution in [-0.4, -0.2) is 24.8 Å². The third-order valence-electron chi connectivity index (χ3n) is 4.96. The summed E-state index contributed by atoms with van der Waals surface area (Å²) in [5, 5.41) is 1.09. The number of nitrogens with zero attached hydrogens (tertiary/aromatic N) is 2. The zero-order valence-corrected chi connectivity index (χ0v) is 15.8. The van der Waals surface area contributed by atoms with E-state index < -0.39 is 0 Å². The third-order valence-corrected chi connectivity index (χ3v) is 4.96. The third kappa shape index (κ3) is 3.34. The highest BCUT2D eigenvalue weighted by Gasteiger charge is 2.19. The Hall–Kier alpha value is -3.05. The summed E-state index contributed by atoms with van der Waals surface area (Å²) in [6.07, 6.45) is 1.82. The zero-order chi connectivity index (χ0) is 19.0. The molecule has 0 aliphatic carbocycles. The summed E-state index contributed by atoms with van der Waals surface area (Å²) in [7, 11) is 4.04. The fourth-order valence-corrected chi connectivity index (χ4v) is 3.45. The second-order valence-corrected chi connectivity index (χ2v) is 7.07. The summed E-state index contributed by atoms with van der Waals surface area (Å²) in [6.45, 7) is 2.43. The molecular formula is C22H23N3O2. The molecule has 0 bridgehead atoms. The van der Waals surface area contributed by atoms with Crippen molar-refractivity contribution in [2.24, 2.45) is 0 Å². The second-order valence-electron chi connectivity index (χ2n) is 7.07. The van der Waals surface area contributed by atoms with Crippen LogP contribution in [0.25, 0.3) is 16.6 Å². The number of hydrogen-bond donors (Lipinski definition) is 1. The highest BCUT2D eigenvalue weighted by Crippen LogP contribution is 2.23. The van der Waals surface area contributed by atoms with Gasteiger partial charge in [-0.2, -0.15) is 0 Å². The van der Waals surface area contributed by atoms with Gasteiger partial charge in [0, 0.05) is 31.2 Å². The number of para-hydroxylation sites is 1. The van der Waals surface area contributed by atoms with E-state index in [1.165, 1.54) is 0 Å². The normalized spacial score (nSPS) is 16.3. The summed E-state index contributed by atoms with van der Waals surface area (Å²) < 4.78 is 1.78. The lowest BCUT2D eigenvalue weighted by Crippen LogP contribution is -2.27. The number of aryl methyl sites for hydroxylation is 1. The van der Waals surface area contributed by atoms with Gasteiger partial charge in [-0.25, -0.2) is 0 Å². The smallest absolute Gasteiger partial charge is 0.251 e. The van der Waals surface area contributed by atoms with Crippen molar-refractivity contribution < 1.29 is 4.84 Å². The van der Waals surface area contributed by atoms with Gasteiger partial charge in [-0.05, 0) is 42.3 Å². The van der Waals surface area contributed by atoms with Crippen LogP contribution in [0.1, 0.15) is 11.1 Å². The molecule has 0 saturated heterocycles. The van der Waals surface area contributed by atoms with Crippen molar-refractivity contribution in [2.75, 3.05) is 19.0 Å². The van der Waals surface area contributed by atoms with Gasteiger partial charge in [0.1, 0.15) is 6.10 Å². The molecule has 5 nitrogen and oxygen atoms in total. The van der Waals surface area contributed by atoms with Gasteiger partial charge in [-0.15, -0.1) is 0 Å². The zero-order valence-electron chi connectivity index (χ0n) is 15.8. The summed E-state index contributed by atoms with van der Waals surface area (Å²) in [6, 6.07) is 17.9. The van der Waals surface area contributed by atoms with E-state index in [0.717, 1.165) is 33.4 Å². The lowest BCUT2D eigenvalue weighted by atomic mass is 10.1. The number of anilines is 1. The van der Waals surface area contributed by atoms with Crippen LogP contribution in [-0.2, 0) is 11.4 Å². The summed E-state index contributed by atoms with van der Waals surface area (Å²) in [4.78, 5) is 20.3. The predicted molar refractivity (Wildman–Crippen MR) is 110 cm³/mol. The molecule has 0 radical (unpaired) electrons. The summed E-state index contributed by atoms with van der Waals surface area (Å²) in [5.74, 6) is 0. The van der Waals surface area contributed by atoms with E-state index in [1.807, 2.05) is 51.4 Å². The molecule has 27 heavy (non-hydrogen) atoms. The van der Waals surface area contributed by atoms with Gasteiger partial charge in [0.2, 0.25) is 0 Å². The Labute approximate surface area is 158 Å². The minimum absolute atomic E-state index is 0.00742. The van der Waals surface area contributed by atoms with Gasteiger partial charge in [0.05, 0.1) is 17.8 Å². The minimum Gasteiger partial charge on any atom is -0.378 e. The van der Waals surface area contributed by atoms with Gasteiger partial charge in [0.25, 0.3) is 5.56 Å². The highest BCUT2D eigenvalue weighted by atomic mass is 16.7. The average molecular weight is 361 g/mol. The number of hydrogen-bond acceptors (Lipinski definition) is 4. The topological polar surface area (TPSA) is 46.5 Å². The maximum atomic E-state index is 12.6. The van der Waals surface area contributed by atoms with Crippen molar-refractivity contribution in [3.63, 3.8) is 0 Å². The Kier molecular flexibility index (Phi) is 4.46. The molecule has 138 valence electrons. The van der Waals surface area contributed by atoms with Crippen LogP contribution in [0.4, 0.5) is 5.69 Å². The number of pyridine rings is 1. The van der Waals surface area contributed by atoms with Gasteiger partial charge >= 0.3 is 0 Å². The van der Waals surface area contributed by atoms with Crippen LogP contribution < -0.4 is 15.9 Å². The Morgan fingerprint density at radius 2 is 1.85 bits per heavy atom. The Balaban J connectivity index is 1.62. The first-order valence-electron chi connectivity index (χ1n) is 9.03. The Bertz CT molecular complexity index is 1070. The van der Waals surface area contributed by atoms with E-state index in [4.69, 9.17) is 4.84 Å². The molecule has 5 heteroatoms. The van der Waals surface area contributed by atoms with Gasteiger partial charge in [0.15, 0.2) is 0 Å². The van der Waals surface area contributed by atoms with Gasteiger partial charge < -0.3 is 9.47 Å². The molecule has 0 amide bonds. The molecular weight excluding hydrogens is 338 g/mol. The van der Waals surface area contributed by atoms with Crippen LogP contribution >= 0.6 is 0 Å². The van der Waals surface area contributed by atoms with E-state index >= 15 is 0 Å². The molecule has 1 N–H and O–H groups in total. The first-order valence-corrected chi connectivity index (χ1v) is 9.03. The van der Waals surface area contributed by atoms with Gasteiger partial charge in [-0.3, -0.25) is 15.1 Å². The van der Waals surface area contributed by atoms with Crippen molar-refractivity contribution in [3.05, 3.63) is 82.2 Å². The monoisotopic (exact) mass is 361 g/mol. The summed E-state index contributed by atoms with van der Waals surface area (Å²) >= 11 is 0. The molecule has 0 fully saturated rings. The minimum atomic E-state index is -0.211. The quantitative estimate of drug-likeness (QED) is 0.774. The fraction of sp³-hybridized carbons (Fsp3) is 0.227. The molecule has 1 aliphatic rings. The van der Waals surface area contributed by atoms with Crippen LogP contribution in [0.3, 0.4) is 0 Å². The molecule has 4 rings (SSSR count). The molecule has 2 aromatic carbocycles. The van der Waals surface area contributed by atoms with Crippen LogP contribution in [0.5, 0.6) is 0 Å². The Morgan fingerprint density at radius 1 is 1.11 bits per heavy atom. The van der Waals surface area contributed by atoms with Crippen molar-refractivity contribution >= 4 is 22.3 Å². The number of hydroxylamine groups is 1. The maximum absolute atomic E-state index is 12.6. The van der Waals surface area contributed by atoms with E-state index in [2.05, 4.69) is 34.6 Å². The summed E-state index contributed by atoms with van der Waals surface area (Å²) in [5.41, 5.74) is 8.06. The van der Waals surface area contributed by atoms with Crippen molar-refractivity contribution in [1.29, 1.82) is 0 Å². The number of nitrogens with one attached hydrogen (secondary N) is 1. The average Bonchev–Trinajstić information content (AvgIpc) is 3.14. The molecule has 0 saturated carbocycles. The lowest BCUT2D eigenvalue weighted by Gasteiger charge is -2.14. The number of aromatic nitrogens is 1. The van der Waals surface area contributed by atoms with Crippen molar-refractivity contribution in [3.8, 4) is 0 Å². The fourth-order valence-electron chi connectivity index (χ4n) is 3.45. The van der Waals surface area contributed by atoms with E-state index in [9.17, 15) is 4.79 Å².